The minimum absolute atomic E-state index is 0.236. The summed E-state index contributed by atoms with van der Waals surface area (Å²) >= 11 is 1.60. The van der Waals surface area contributed by atoms with E-state index in [2.05, 4.69) is 6.58 Å². The Hall–Kier alpha value is -0.210. The largest absolute Gasteiger partial charge is 0.392 e. The number of hydrogen-bond acceptors (Lipinski definition) is 2. The molecule has 1 nitrogen and oxygen atoms in total. The zero-order chi connectivity index (χ0) is 9.78. The molecule has 0 aromatic carbocycles. The Bertz CT molecular complexity index is 184. The van der Waals surface area contributed by atoms with E-state index < -0.39 is 0 Å². The Morgan fingerprint density at radius 2 is 2.17 bits per heavy atom. The van der Waals surface area contributed by atoms with Gasteiger partial charge in [0.1, 0.15) is 0 Å². The van der Waals surface area contributed by atoms with E-state index in [1.165, 1.54) is 0 Å². The monoisotopic (exact) mass is 186 g/mol. The number of allylic oxidation sites excluding steroid dienone is 2. The average Bonchev–Trinajstić information content (AvgIpc) is 1.85. The molecule has 2 unspecified atom stereocenters. The van der Waals surface area contributed by atoms with E-state index >= 15 is 0 Å². The third kappa shape index (κ3) is 3.46. The van der Waals surface area contributed by atoms with Gasteiger partial charge in [-0.05, 0) is 32.6 Å². The number of aliphatic hydroxyl groups excluding tert-OH is 1. The van der Waals surface area contributed by atoms with Crippen LogP contribution in [-0.4, -0.2) is 16.0 Å². The second kappa shape index (κ2) is 4.73. The van der Waals surface area contributed by atoms with Crippen molar-refractivity contribution in [3.05, 3.63) is 23.6 Å². The van der Waals surface area contributed by atoms with Crippen molar-refractivity contribution in [1.29, 1.82) is 0 Å². The molecule has 2 heteroatoms. The van der Waals surface area contributed by atoms with Gasteiger partial charge in [-0.2, -0.15) is 0 Å². The SMILES string of the molecule is C=C(C)SC(C)(C=CC)C(C)O. The van der Waals surface area contributed by atoms with Crippen LogP contribution in [0.1, 0.15) is 27.7 Å². The van der Waals surface area contributed by atoms with Gasteiger partial charge in [-0.15, -0.1) is 11.8 Å². The van der Waals surface area contributed by atoms with Crippen molar-refractivity contribution in [2.75, 3.05) is 0 Å². The van der Waals surface area contributed by atoms with Gasteiger partial charge in [0.05, 0.1) is 10.9 Å². The van der Waals surface area contributed by atoms with Crippen LogP contribution in [0, 0.1) is 0 Å². The number of aliphatic hydroxyl groups is 1. The van der Waals surface area contributed by atoms with Crippen LogP contribution in [0.2, 0.25) is 0 Å². The minimum atomic E-state index is -0.365. The van der Waals surface area contributed by atoms with E-state index in [0.717, 1.165) is 4.91 Å². The highest BCUT2D eigenvalue weighted by Crippen LogP contribution is 2.34. The fourth-order valence-corrected chi connectivity index (χ4v) is 2.09. The smallest absolute Gasteiger partial charge is 0.0694 e. The molecule has 0 radical (unpaired) electrons. The Balaban J connectivity index is 4.50. The minimum Gasteiger partial charge on any atom is -0.392 e. The van der Waals surface area contributed by atoms with Crippen LogP contribution in [0.5, 0.6) is 0 Å². The zero-order valence-corrected chi connectivity index (χ0v) is 9.11. The standard InChI is InChI=1S/C10H18OS/c1-6-7-10(5,9(4)11)12-8(2)3/h6-7,9,11H,2H2,1,3-5H3. The third-order valence-corrected chi connectivity index (χ3v) is 2.99. The molecule has 0 amide bonds. The number of hydrogen-bond donors (Lipinski definition) is 1. The molecule has 0 rings (SSSR count). The summed E-state index contributed by atoms with van der Waals surface area (Å²) in [7, 11) is 0. The van der Waals surface area contributed by atoms with Crippen molar-refractivity contribution in [3.8, 4) is 0 Å². The van der Waals surface area contributed by atoms with Gasteiger partial charge in [0, 0.05) is 0 Å². The second-order valence-corrected chi connectivity index (χ2v) is 4.94. The van der Waals surface area contributed by atoms with Crippen LogP contribution in [0.25, 0.3) is 0 Å². The summed E-state index contributed by atoms with van der Waals surface area (Å²) in [6.07, 6.45) is 3.61. The van der Waals surface area contributed by atoms with Crippen LogP contribution in [-0.2, 0) is 0 Å². The molecule has 0 aromatic rings. The van der Waals surface area contributed by atoms with Crippen LogP contribution in [0.15, 0.2) is 23.6 Å². The summed E-state index contributed by atoms with van der Waals surface area (Å²) < 4.78 is -0.236. The third-order valence-electron chi connectivity index (χ3n) is 1.72. The van der Waals surface area contributed by atoms with Crippen LogP contribution in [0.4, 0.5) is 0 Å². The lowest BCUT2D eigenvalue weighted by atomic mass is 10.1. The first kappa shape index (κ1) is 11.8. The van der Waals surface area contributed by atoms with Gasteiger partial charge in [0.2, 0.25) is 0 Å². The van der Waals surface area contributed by atoms with Gasteiger partial charge < -0.3 is 5.11 Å². The van der Waals surface area contributed by atoms with E-state index in [-0.39, 0.29) is 10.9 Å². The van der Waals surface area contributed by atoms with E-state index in [4.69, 9.17) is 0 Å². The normalized spacial score (nSPS) is 19.1. The Labute approximate surface area is 79.6 Å². The van der Waals surface area contributed by atoms with Crippen LogP contribution < -0.4 is 0 Å². The molecular weight excluding hydrogens is 168 g/mol. The lowest BCUT2D eigenvalue weighted by Crippen LogP contribution is -2.31. The molecule has 0 fully saturated rings. The summed E-state index contributed by atoms with van der Waals surface area (Å²) in [6, 6.07) is 0. The van der Waals surface area contributed by atoms with Crippen molar-refractivity contribution >= 4 is 11.8 Å². The Morgan fingerprint density at radius 1 is 1.67 bits per heavy atom. The van der Waals surface area contributed by atoms with E-state index in [0.29, 0.717) is 0 Å². The number of thioether (sulfide) groups is 1. The molecule has 1 N–H and O–H groups in total. The lowest BCUT2D eigenvalue weighted by molar-refractivity contribution is 0.172. The second-order valence-electron chi connectivity index (χ2n) is 3.16. The quantitative estimate of drug-likeness (QED) is 0.681. The van der Waals surface area contributed by atoms with Gasteiger partial charge in [0.15, 0.2) is 0 Å². The fraction of sp³-hybridized carbons (Fsp3) is 0.600. The highest BCUT2D eigenvalue weighted by Gasteiger charge is 2.27. The maximum absolute atomic E-state index is 9.54. The first-order valence-electron chi connectivity index (χ1n) is 4.09. The maximum atomic E-state index is 9.54. The molecule has 0 aliphatic carbocycles. The van der Waals surface area contributed by atoms with Gasteiger partial charge in [-0.1, -0.05) is 18.7 Å². The lowest BCUT2D eigenvalue weighted by Gasteiger charge is -2.28. The molecule has 0 saturated carbocycles. The van der Waals surface area contributed by atoms with Crippen molar-refractivity contribution in [2.24, 2.45) is 0 Å². The molecule has 0 aromatic heterocycles. The summed E-state index contributed by atoms with van der Waals surface area (Å²) in [6.45, 7) is 11.5. The maximum Gasteiger partial charge on any atom is 0.0694 e. The topological polar surface area (TPSA) is 20.2 Å². The summed E-state index contributed by atoms with van der Waals surface area (Å²) in [4.78, 5) is 1.02. The predicted octanol–water partition coefficient (Wildman–Crippen LogP) is 2.97. The molecule has 0 aliphatic rings. The highest BCUT2D eigenvalue weighted by molar-refractivity contribution is 8.04. The first-order valence-corrected chi connectivity index (χ1v) is 4.90. The van der Waals surface area contributed by atoms with Crippen molar-refractivity contribution in [3.63, 3.8) is 0 Å². The van der Waals surface area contributed by atoms with Gasteiger partial charge in [-0.25, -0.2) is 0 Å². The molecular formula is C10H18OS. The Morgan fingerprint density at radius 3 is 2.42 bits per heavy atom. The summed E-state index contributed by atoms with van der Waals surface area (Å²) in [5.74, 6) is 0. The van der Waals surface area contributed by atoms with E-state index in [1.54, 1.807) is 18.7 Å². The molecule has 0 heterocycles. The molecule has 0 spiro atoms. The molecule has 70 valence electrons. The first-order chi connectivity index (χ1) is 5.42. The molecule has 2 atom stereocenters. The molecule has 0 bridgehead atoms. The van der Waals surface area contributed by atoms with Gasteiger partial charge in [-0.3, -0.25) is 0 Å². The number of rotatable bonds is 4. The average molecular weight is 186 g/mol. The van der Waals surface area contributed by atoms with Crippen molar-refractivity contribution in [1.82, 2.24) is 0 Å². The molecule has 0 saturated heterocycles. The molecule has 0 aliphatic heterocycles. The van der Waals surface area contributed by atoms with E-state index in [9.17, 15) is 5.11 Å². The predicted molar refractivity (Wildman–Crippen MR) is 57.3 cm³/mol. The highest BCUT2D eigenvalue weighted by atomic mass is 32.2. The van der Waals surface area contributed by atoms with Crippen LogP contribution in [0.3, 0.4) is 0 Å². The van der Waals surface area contributed by atoms with Crippen molar-refractivity contribution < 1.29 is 5.11 Å². The fourth-order valence-electron chi connectivity index (χ4n) is 0.965. The summed E-state index contributed by atoms with van der Waals surface area (Å²) in [5, 5.41) is 9.54. The molecule has 12 heavy (non-hydrogen) atoms. The summed E-state index contributed by atoms with van der Waals surface area (Å²) in [5.41, 5.74) is 0. The van der Waals surface area contributed by atoms with E-state index in [1.807, 2.05) is 32.9 Å². The zero-order valence-electron chi connectivity index (χ0n) is 8.29. The van der Waals surface area contributed by atoms with Gasteiger partial charge >= 0.3 is 0 Å². The Kier molecular flexibility index (Phi) is 4.64. The van der Waals surface area contributed by atoms with Gasteiger partial charge in [0.25, 0.3) is 0 Å². The van der Waals surface area contributed by atoms with Crippen molar-refractivity contribution in [2.45, 2.75) is 38.5 Å². The van der Waals surface area contributed by atoms with Crippen LogP contribution >= 0.6 is 11.8 Å².